The van der Waals surface area contributed by atoms with Crippen LogP contribution < -0.4 is 0 Å². The van der Waals surface area contributed by atoms with Crippen LogP contribution in [0.15, 0.2) is 23.1 Å². The van der Waals surface area contributed by atoms with E-state index >= 15 is 0 Å². The lowest BCUT2D eigenvalue weighted by atomic mass is 9.90. The normalized spacial score (nSPS) is 15.0. The van der Waals surface area contributed by atoms with E-state index in [4.69, 9.17) is 0 Å². The second kappa shape index (κ2) is 4.20. The van der Waals surface area contributed by atoms with E-state index in [1.165, 1.54) is 0 Å². The predicted octanol–water partition coefficient (Wildman–Crippen LogP) is 0.708. The molecule has 1 N–H and O–H groups in total. The molecule has 0 fully saturated rings. The van der Waals surface area contributed by atoms with Crippen molar-refractivity contribution in [1.29, 1.82) is 0 Å². The number of H-pyrrole nitrogens is 1. The highest BCUT2D eigenvalue weighted by atomic mass is 32.2. The first-order valence-corrected chi connectivity index (χ1v) is 6.98. The van der Waals surface area contributed by atoms with Gasteiger partial charge in [0.25, 0.3) is 0 Å². The summed E-state index contributed by atoms with van der Waals surface area (Å²) in [5.74, 6) is -0.395. The SMILES string of the molecule is CCS(=O)c1cccc2c1C(=O)c1n[nH]nc1C2=O. The van der Waals surface area contributed by atoms with Crippen LogP contribution in [0, 0.1) is 0 Å². The van der Waals surface area contributed by atoms with Gasteiger partial charge in [-0.05, 0) is 6.07 Å². The molecular formula is C12H9N3O3S. The third kappa shape index (κ3) is 1.58. The van der Waals surface area contributed by atoms with Crippen LogP contribution in [0.1, 0.15) is 39.0 Å². The topological polar surface area (TPSA) is 92.8 Å². The molecule has 3 rings (SSSR count). The van der Waals surface area contributed by atoms with Gasteiger partial charge in [0.05, 0.1) is 21.3 Å². The molecule has 1 aliphatic carbocycles. The minimum absolute atomic E-state index is 0.00180. The van der Waals surface area contributed by atoms with Gasteiger partial charge in [0.1, 0.15) is 0 Å². The summed E-state index contributed by atoms with van der Waals surface area (Å²) in [4.78, 5) is 24.9. The molecule has 1 aromatic heterocycles. The largest absolute Gasteiger partial charge is 0.287 e. The van der Waals surface area contributed by atoms with Crippen LogP contribution in [0.3, 0.4) is 0 Å². The van der Waals surface area contributed by atoms with Gasteiger partial charge in [-0.15, -0.1) is 0 Å². The van der Waals surface area contributed by atoms with Gasteiger partial charge in [0.15, 0.2) is 11.4 Å². The Bertz CT molecular complexity index is 736. The smallest absolute Gasteiger partial charge is 0.217 e. The van der Waals surface area contributed by atoms with Crippen LogP contribution in [0.2, 0.25) is 0 Å². The number of hydrogen-bond acceptors (Lipinski definition) is 5. The second-order valence-electron chi connectivity index (χ2n) is 3.99. The van der Waals surface area contributed by atoms with Crippen LogP contribution >= 0.6 is 0 Å². The summed E-state index contributed by atoms with van der Waals surface area (Å²) < 4.78 is 12.0. The molecule has 1 aliphatic rings. The highest BCUT2D eigenvalue weighted by Gasteiger charge is 2.35. The molecule has 1 aromatic carbocycles. The minimum atomic E-state index is -1.31. The van der Waals surface area contributed by atoms with Crippen molar-refractivity contribution in [1.82, 2.24) is 15.4 Å². The summed E-state index contributed by atoms with van der Waals surface area (Å²) in [7, 11) is -1.31. The summed E-state index contributed by atoms with van der Waals surface area (Å²) in [5, 5.41) is 9.69. The van der Waals surface area contributed by atoms with E-state index in [0.29, 0.717) is 10.6 Å². The summed E-state index contributed by atoms with van der Waals surface area (Å²) in [6.07, 6.45) is 0. The number of ketones is 2. The van der Waals surface area contributed by atoms with E-state index in [-0.39, 0.29) is 28.3 Å². The van der Waals surface area contributed by atoms with Gasteiger partial charge < -0.3 is 0 Å². The van der Waals surface area contributed by atoms with Crippen molar-refractivity contribution in [2.45, 2.75) is 11.8 Å². The molecule has 1 unspecified atom stereocenters. The lowest BCUT2D eigenvalue weighted by molar-refractivity contribution is 0.0972. The van der Waals surface area contributed by atoms with Gasteiger partial charge in [-0.2, -0.15) is 15.4 Å². The Morgan fingerprint density at radius 3 is 2.53 bits per heavy atom. The van der Waals surface area contributed by atoms with Crippen LogP contribution in [-0.2, 0) is 10.8 Å². The molecule has 0 spiro atoms. The maximum absolute atomic E-state index is 12.3. The zero-order valence-electron chi connectivity index (χ0n) is 9.97. The Labute approximate surface area is 110 Å². The number of fused-ring (bicyclic) bond motifs is 2. The lowest BCUT2D eigenvalue weighted by Gasteiger charge is -2.15. The summed E-state index contributed by atoms with van der Waals surface area (Å²) >= 11 is 0. The van der Waals surface area contributed by atoms with Crippen molar-refractivity contribution in [3.8, 4) is 0 Å². The quantitative estimate of drug-likeness (QED) is 0.743. The first-order valence-electron chi connectivity index (χ1n) is 5.66. The Kier molecular flexibility index (Phi) is 2.63. The Balaban J connectivity index is 2.31. The maximum atomic E-state index is 12.3. The standard InChI is InChI=1S/C12H9N3O3S/c1-2-19(18)7-5-3-4-6-8(7)12(17)10-9(11(6)16)13-15-14-10/h3-5H,2H2,1H3,(H,13,14,15). The fourth-order valence-electron chi connectivity index (χ4n) is 2.09. The van der Waals surface area contributed by atoms with Crippen LogP contribution in [0.25, 0.3) is 0 Å². The fourth-order valence-corrected chi connectivity index (χ4v) is 3.06. The van der Waals surface area contributed by atoms with Crippen molar-refractivity contribution < 1.29 is 13.8 Å². The van der Waals surface area contributed by atoms with E-state index in [9.17, 15) is 13.8 Å². The van der Waals surface area contributed by atoms with Gasteiger partial charge in [-0.25, -0.2) is 0 Å². The van der Waals surface area contributed by atoms with Gasteiger partial charge in [-0.3, -0.25) is 13.8 Å². The minimum Gasteiger partial charge on any atom is -0.287 e. The van der Waals surface area contributed by atoms with Crippen LogP contribution in [0.4, 0.5) is 0 Å². The summed E-state index contributed by atoms with van der Waals surface area (Å²) in [6, 6.07) is 4.77. The average Bonchev–Trinajstić information content (AvgIpc) is 2.93. The predicted molar refractivity (Wildman–Crippen MR) is 66.6 cm³/mol. The van der Waals surface area contributed by atoms with Crippen molar-refractivity contribution >= 4 is 22.4 Å². The zero-order valence-corrected chi connectivity index (χ0v) is 10.8. The van der Waals surface area contributed by atoms with Gasteiger partial charge in [0.2, 0.25) is 11.6 Å². The molecule has 2 aromatic rings. The van der Waals surface area contributed by atoms with E-state index in [1.54, 1.807) is 25.1 Å². The van der Waals surface area contributed by atoms with Crippen molar-refractivity contribution in [2.75, 3.05) is 5.75 Å². The van der Waals surface area contributed by atoms with Gasteiger partial charge in [0, 0.05) is 11.3 Å². The molecule has 0 amide bonds. The highest BCUT2D eigenvalue weighted by molar-refractivity contribution is 7.85. The Morgan fingerprint density at radius 1 is 1.16 bits per heavy atom. The third-order valence-electron chi connectivity index (χ3n) is 2.98. The van der Waals surface area contributed by atoms with Crippen molar-refractivity contribution in [3.05, 3.63) is 40.7 Å². The third-order valence-corrected chi connectivity index (χ3v) is 4.34. The van der Waals surface area contributed by atoms with Crippen molar-refractivity contribution in [3.63, 3.8) is 0 Å². The molecule has 0 saturated carbocycles. The molecule has 0 bridgehead atoms. The van der Waals surface area contributed by atoms with Crippen LogP contribution in [0.5, 0.6) is 0 Å². The van der Waals surface area contributed by atoms with E-state index in [0.717, 1.165) is 0 Å². The van der Waals surface area contributed by atoms with Gasteiger partial charge in [-0.1, -0.05) is 19.1 Å². The zero-order chi connectivity index (χ0) is 13.6. The number of carbonyl (C=O) groups excluding carboxylic acids is 2. The van der Waals surface area contributed by atoms with Crippen molar-refractivity contribution in [2.24, 2.45) is 0 Å². The number of nitrogens with zero attached hydrogens (tertiary/aromatic N) is 2. The first kappa shape index (κ1) is 11.9. The molecule has 96 valence electrons. The Morgan fingerprint density at radius 2 is 1.84 bits per heavy atom. The monoisotopic (exact) mass is 275 g/mol. The van der Waals surface area contributed by atoms with E-state index < -0.39 is 16.6 Å². The van der Waals surface area contributed by atoms with E-state index in [2.05, 4.69) is 15.4 Å². The molecule has 6 nitrogen and oxygen atoms in total. The van der Waals surface area contributed by atoms with E-state index in [1.807, 2.05) is 0 Å². The number of nitrogens with one attached hydrogen (secondary N) is 1. The average molecular weight is 275 g/mol. The molecule has 19 heavy (non-hydrogen) atoms. The molecule has 1 heterocycles. The lowest BCUT2D eigenvalue weighted by Crippen LogP contribution is -2.23. The Hall–Kier alpha value is -2.15. The number of rotatable bonds is 2. The maximum Gasteiger partial charge on any atom is 0.217 e. The molecule has 1 atom stereocenters. The number of aromatic amines is 1. The molecule has 7 heteroatoms. The van der Waals surface area contributed by atoms with Crippen LogP contribution in [-0.4, -0.2) is 36.9 Å². The summed E-state index contributed by atoms with van der Waals surface area (Å²) in [5.41, 5.74) is 0.453. The number of aromatic nitrogens is 3. The first-order chi connectivity index (χ1) is 9.15. The second-order valence-corrected chi connectivity index (χ2v) is 5.70. The molecule has 0 radical (unpaired) electrons. The number of carbonyl (C=O) groups is 2. The molecule has 0 saturated heterocycles. The molecule has 0 aliphatic heterocycles. The molecular weight excluding hydrogens is 266 g/mol. The highest BCUT2D eigenvalue weighted by Crippen LogP contribution is 2.28. The fraction of sp³-hybridized carbons (Fsp3) is 0.167. The number of hydrogen-bond donors (Lipinski definition) is 1. The number of benzene rings is 1. The van der Waals surface area contributed by atoms with Gasteiger partial charge >= 0.3 is 0 Å². The summed E-state index contributed by atoms with van der Waals surface area (Å²) in [6.45, 7) is 1.76.